The predicted octanol–water partition coefficient (Wildman–Crippen LogP) is 2.45. The third kappa shape index (κ3) is 3.54. The van der Waals surface area contributed by atoms with Crippen molar-refractivity contribution in [2.24, 2.45) is 4.99 Å². The molecular weight excluding hydrogens is 392 g/mol. The molecule has 2 aromatic heterocycles. The van der Waals surface area contributed by atoms with Crippen molar-refractivity contribution in [3.63, 3.8) is 0 Å². The molecule has 1 unspecified atom stereocenters. The molecule has 158 valence electrons. The Labute approximate surface area is 172 Å². The number of amidine groups is 1. The minimum Gasteiger partial charge on any atom is -0.369 e. The zero-order valence-electron chi connectivity index (χ0n) is 17.0. The molecule has 0 saturated carbocycles. The summed E-state index contributed by atoms with van der Waals surface area (Å²) in [6, 6.07) is 0.729. The van der Waals surface area contributed by atoms with Crippen LogP contribution in [-0.4, -0.2) is 57.7 Å². The fourth-order valence-electron chi connectivity index (χ4n) is 3.56. The first-order valence-electron chi connectivity index (χ1n) is 9.72. The van der Waals surface area contributed by atoms with Crippen LogP contribution in [0.5, 0.6) is 0 Å². The third-order valence-corrected chi connectivity index (χ3v) is 5.05. The van der Waals surface area contributed by atoms with Crippen molar-refractivity contribution in [2.45, 2.75) is 20.0 Å². The summed E-state index contributed by atoms with van der Waals surface area (Å²) in [6.45, 7) is 5.76. The highest BCUT2D eigenvalue weighted by Gasteiger charge is 2.34. The molecule has 4 heterocycles. The largest absolute Gasteiger partial charge is 0.369 e. The van der Waals surface area contributed by atoms with Gasteiger partial charge in [0.15, 0.2) is 29.3 Å². The molecule has 10 heteroatoms. The van der Waals surface area contributed by atoms with E-state index in [1.165, 1.54) is 16.5 Å². The lowest BCUT2D eigenvalue weighted by atomic mass is 10.1. The molecule has 0 fully saturated rings. The van der Waals surface area contributed by atoms with Crippen LogP contribution >= 0.6 is 0 Å². The number of fused-ring (bicyclic) bond motifs is 2. The second-order valence-corrected chi connectivity index (χ2v) is 7.14. The Balaban J connectivity index is 1.67. The summed E-state index contributed by atoms with van der Waals surface area (Å²) in [6.07, 6.45) is 5.33. The lowest BCUT2D eigenvalue weighted by molar-refractivity contribution is 0.220. The number of urea groups is 1. The third-order valence-electron chi connectivity index (χ3n) is 5.05. The van der Waals surface area contributed by atoms with Gasteiger partial charge in [-0.2, -0.15) is 0 Å². The van der Waals surface area contributed by atoms with Gasteiger partial charge in [0.2, 0.25) is 0 Å². The average Bonchev–Trinajstić information content (AvgIpc) is 3.10. The maximum absolute atomic E-state index is 14.9. The zero-order chi connectivity index (χ0) is 21.4. The predicted molar refractivity (Wildman–Crippen MR) is 109 cm³/mol. The Bertz CT molecular complexity index is 1090. The van der Waals surface area contributed by atoms with Crippen LogP contribution in [0.2, 0.25) is 0 Å². The molecule has 0 aromatic carbocycles. The number of hydrogen-bond acceptors (Lipinski definition) is 5. The van der Waals surface area contributed by atoms with E-state index in [-0.39, 0.29) is 11.5 Å². The Morgan fingerprint density at radius 3 is 2.87 bits per heavy atom. The first kappa shape index (κ1) is 20.0. The number of aliphatic imine (C=N–C) groups is 1. The highest BCUT2D eigenvalue weighted by molar-refractivity contribution is 6.09. The number of hydrogen-bond donors (Lipinski definition) is 2. The monoisotopic (exact) mass is 415 g/mol. The van der Waals surface area contributed by atoms with Crippen LogP contribution in [0.25, 0.3) is 5.65 Å². The number of nitrogens with zero attached hydrogens (tertiary/aromatic N) is 5. The van der Waals surface area contributed by atoms with E-state index in [4.69, 9.17) is 0 Å². The minimum atomic E-state index is -0.911. The number of imidazole rings is 1. The molecule has 2 aliphatic rings. The summed E-state index contributed by atoms with van der Waals surface area (Å²) >= 11 is 0. The van der Waals surface area contributed by atoms with Gasteiger partial charge in [-0.1, -0.05) is 0 Å². The van der Waals surface area contributed by atoms with Crippen LogP contribution in [0.4, 0.5) is 13.6 Å². The fourth-order valence-corrected chi connectivity index (χ4v) is 3.56. The fraction of sp³-hybridized carbons (Fsp3) is 0.350. The maximum atomic E-state index is 14.9. The van der Waals surface area contributed by atoms with Gasteiger partial charge in [0.05, 0.1) is 11.4 Å². The van der Waals surface area contributed by atoms with E-state index < -0.39 is 23.8 Å². The summed E-state index contributed by atoms with van der Waals surface area (Å²) in [5, 5.41) is 5.76. The molecule has 8 nitrogen and oxygen atoms in total. The van der Waals surface area contributed by atoms with E-state index in [9.17, 15) is 13.6 Å². The standard InChI is InChI=1S/C20H23F2N7O/c1-4-27(6-5-23-3)14-8-16(22)19-25-17(26-20(30)29(19)11-14)13-7-15(21)18-24-12(2)9-28(18)10-13/h7-11,17,23H,4-6H2,1-3H3,(H,26,30). The SMILES string of the molecule is CCN(CCNC)C1=CN2C(=O)NC(c3cc(F)c4nc(C)cn4c3)N=C2C(F)=C1. The van der Waals surface area contributed by atoms with Crippen LogP contribution < -0.4 is 10.6 Å². The maximum Gasteiger partial charge on any atom is 0.329 e. The molecule has 0 saturated heterocycles. The molecule has 1 atom stereocenters. The second-order valence-electron chi connectivity index (χ2n) is 7.14. The van der Waals surface area contributed by atoms with Gasteiger partial charge in [-0.3, -0.25) is 0 Å². The van der Waals surface area contributed by atoms with Crippen molar-refractivity contribution in [1.82, 2.24) is 29.8 Å². The minimum absolute atomic E-state index is 0.0977. The summed E-state index contributed by atoms with van der Waals surface area (Å²) < 4.78 is 30.9. The lowest BCUT2D eigenvalue weighted by Crippen LogP contribution is -2.48. The highest BCUT2D eigenvalue weighted by Crippen LogP contribution is 2.28. The van der Waals surface area contributed by atoms with Gasteiger partial charge in [-0.25, -0.2) is 28.5 Å². The van der Waals surface area contributed by atoms with Crippen LogP contribution in [-0.2, 0) is 0 Å². The molecular formula is C20H23F2N7O. The van der Waals surface area contributed by atoms with Gasteiger partial charge < -0.3 is 19.9 Å². The molecule has 4 rings (SSSR count). The number of likely N-dealkylation sites (N-methyl/N-ethyl adjacent to an activating group) is 2. The smallest absolute Gasteiger partial charge is 0.329 e. The van der Waals surface area contributed by atoms with Gasteiger partial charge in [0, 0.05) is 49.9 Å². The second kappa shape index (κ2) is 7.86. The van der Waals surface area contributed by atoms with Crippen molar-refractivity contribution in [3.05, 3.63) is 59.3 Å². The highest BCUT2D eigenvalue weighted by atomic mass is 19.1. The van der Waals surface area contributed by atoms with E-state index >= 15 is 0 Å². The Hall–Kier alpha value is -3.27. The molecule has 2 aliphatic heterocycles. The van der Waals surface area contributed by atoms with Crippen molar-refractivity contribution in [3.8, 4) is 0 Å². The normalized spacial score (nSPS) is 18.6. The van der Waals surface area contributed by atoms with Crippen LogP contribution in [0.1, 0.15) is 24.3 Å². The molecule has 2 N–H and O–H groups in total. The number of pyridine rings is 1. The summed E-state index contributed by atoms with van der Waals surface area (Å²) in [5.74, 6) is -1.25. The summed E-state index contributed by atoms with van der Waals surface area (Å²) in [5.41, 5.74) is 1.82. The summed E-state index contributed by atoms with van der Waals surface area (Å²) in [4.78, 5) is 24.3. The Kier molecular flexibility index (Phi) is 5.25. The number of halogens is 2. The van der Waals surface area contributed by atoms with Crippen LogP contribution in [0, 0.1) is 12.7 Å². The number of amides is 2. The van der Waals surface area contributed by atoms with Crippen LogP contribution in [0.15, 0.2) is 47.3 Å². The van der Waals surface area contributed by atoms with E-state index in [1.807, 2.05) is 18.9 Å². The van der Waals surface area contributed by atoms with E-state index in [1.54, 1.807) is 25.5 Å². The average molecular weight is 415 g/mol. The topological polar surface area (TPSA) is 77.3 Å². The zero-order valence-corrected chi connectivity index (χ0v) is 17.0. The quantitative estimate of drug-likeness (QED) is 0.760. The van der Waals surface area contributed by atoms with E-state index in [0.29, 0.717) is 30.0 Å². The number of carbonyl (C=O) groups excluding carboxylic acids is 1. The number of carbonyl (C=O) groups is 1. The van der Waals surface area contributed by atoms with Crippen molar-refractivity contribution in [1.29, 1.82) is 0 Å². The van der Waals surface area contributed by atoms with Crippen LogP contribution in [0.3, 0.4) is 0 Å². The lowest BCUT2D eigenvalue weighted by Gasteiger charge is -2.34. The van der Waals surface area contributed by atoms with Gasteiger partial charge in [0.25, 0.3) is 0 Å². The molecule has 2 amide bonds. The number of allylic oxidation sites excluding steroid dienone is 1. The number of rotatable bonds is 6. The molecule has 0 radical (unpaired) electrons. The first-order chi connectivity index (χ1) is 14.4. The van der Waals surface area contributed by atoms with Crippen molar-refractivity contribution >= 4 is 17.5 Å². The van der Waals surface area contributed by atoms with Gasteiger partial charge >= 0.3 is 6.03 Å². The molecule has 30 heavy (non-hydrogen) atoms. The number of aryl methyl sites for hydroxylation is 1. The molecule has 0 spiro atoms. The van der Waals surface area contributed by atoms with Gasteiger partial charge in [0.1, 0.15) is 0 Å². The number of aromatic nitrogens is 2. The molecule has 0 aliphatic carbocycles. The number of nitrogens with one attached hydrogen (secondary N) is 2. The van der Waals surface area contributed by atoms with Gasteiger partial charge in [-0.15, -0.1) is 0 Å². The molecule has 0 bridgehead atoms. The summed E-state index contributed by atoms with van der Waals surface area (Å²) in [7, 11) is 1.84. The van der Waals surface area contributed by atoms with Gasteiger partial charge in [-0.05, 0) is 27.0 Å². The van der Waals surface area contributed by atoms with E-state index in [2.05, 4.69) is 20.6 Å². The van der Waals surface area contributed by atoms with Crippen molar-refractivity contribution in [2.75, 3.05) is 26.7 Å². The molecule has 2 aromatic rings. The Morgan fingerprint density at radius 2 is 2.13 bits per heavy atom. The first-order valence-corrected chi connectivity index (χ1v) is 9.72. The Morgan fingerprint density at radius 1 is 1.33 bits per heavy atom. The van der Waals surface area contributed by atoms with Crippen molar-refractivity contribution < 1.29 is 13.6 Å². The van der Waals surface area contributed by atoms with E-state index in [0.717, 1.165) is 11.4 Å².